The third kappa shape index (κ3) is 2.79. The van der Waals surface area contributed by atoms with Crippen LogP contribution in [0.2, 0.25) is 0 Å². The standard InChI is InChI=1S/C4H9NO.H4Si/c1-3-6-4-2-5-1;/h5H,1-4H2;1H4. The highest BCUT2D eigenvalue weighted by molar-refractivity contribution is 5.75. The molecule has 0 aromatic heterocycles. The van der Waals surface area contributed by atoms with E-state index in [1.165, 1.54) is 0 Å². The van der Waals surface area contributed by atoms with Crippen molar-refractivity contribution in [1.29, 1.82) is 0 Å². The summed E-state index contributed by atoms with van der Waals surface area (Å²) in [6, 6.07) is 0. The lowest BCUT2D eigenvalue weighted by Gasteiger charge is -2.10. The summed E-state index contributed by atoms with van der Waals surface area (Å²) >= 11 is 0. The fraction of sp³-hybridized carbons (Fsp3) is 1.00. The number of hydrogen-bond acceptors (Lipinski definition) is 2. The zero-order valence-electron chi connectivity index (χ0n) is 3.74. The summed E-state index contributed by atoms with van der Waals surface area (Å²) in [6.07, 6.45) is 0. The maximum atomic E-state index is 5.01. The third-order valence-corrected chi connectivity index (χ3v) is 0.846. The summed E-state index contributed by atoms with van der Waals surface area (Å²) < 4.78 is 5.01. The molecule has 2 nitrogen and oxygen atoms in total. The average molecular weight is 119 g/mol. The van der Waals surface area contributed by atoms with Crippen LogP contribution < -0.4 is 5.32 Å². The van der Waals surface area contributed by atoms with Crippen LogP contribution in [-0.2, 0) is 4.74 Å². The molecular weight excluding hydrogens is 106 g/mol. The van der Waals surface area contributed by atoms with Crippen molar-refractivity contribution in [3.8, 4) is 0 Å². The maximum absolute atomic E-state index is 5.01. The Labute approximate surface area is 48.3 Å². The van der Waals surface area contributed by atoms with E-state index in [4.69, 9.17) is 4.74 Å². The SMILES string of the molecule is C1COCCN1.[SiH4]. The highest BCUT2D eigenvalue weighted by Gasteiger charge is 1.92. The molecule has 7 heavy (non-hydrogen) atoms. The van der Waals surface area contributed by atoms with E-state index in [0.717, 1.165) is 26.3 Å². The Hall–Kier alpha value is 0.137. The Morgan fingerprint density at radius 3 is 1.86 bits per heavy atom. The van der Waals surface area contributed by atoms with E-state index in [1.807, 2.05) is 0 Å². The van der Waals surface area contributed by atoms with Crippen molar-refractivity contribution < 1.29 is 4.74 Å². The molecule has 0 bridgehead atoms. The van der Waals surface area contributed by atoms with Gasteiger partial charge >= 0.3 is 0 Å². The molecule has 1 saturated heterocycles. The smallest absolute Gasteiger partial charge is 0.0591 e. The molecule has 44 valence electrons. The van der Waals surface area contributed by atoms with Gasteiger partial charge in [-0.1, -0.05) is 0 Å². The summed E-state index contributed by atoms with van der Waals surface area (Å²) in [5.41, 5.74) is 0. The van der Waals surface area contributed by atoms with Crippen molar-refractivity contribution in [3.63, 3.8) is 0 Å². The van der Waals surface area contributed by atoms with Crippen molar-refractivity contribution in [2.45, 2.75) is 0 Å². The quantitative estimate of drug-likeness (QED) is 0.378. The van der Waals surface area contributed by atoms with E-state index in [1.54, 1.807) is 0 Å². The lowest BCUT2D eigenvalue weighted by atomic mass is 10.5. The second-order valence-electron chi connectivity index (χ2n) is 1.36. The van der Waals surface area contributed by atoms with E-state index in [0.29, 0.717) is 0 Å². The maximum Gasteiger partial charge on any atom is 0.0591 e. The van der Waals surface area contributed by atoms with Crippen molar-refractivity contribution >= 4 is 11.0 Å². The first-order chi connectivity index (χ1) is 3.00. The first-order valence-corrected chi connectivity index (χ1v) is 2.28. The van der Waals surface area contributed by atoms with E-state index in [-0.39, 0.29) is 11.0 Å². The van der Waals surface area contributed by atoms with Crippen LogP contribution in [0.25, 0.3) is 0 Å². The van der Waals surface area contributed by atoms with Crippen LogP contribution in [0.1, 0.15) is 0 Å². The Morgan fingerprint density at radius 2 is 1.71 bits per heavy atom. The lowest BCUT2D eigenvalue weighted by molar-refractivity contribution is 0.109. The van der Waals surface area contributed by atoms with Gasteiger partial charge in [-0.25, -0.2) is 0 Å². The lowest BCUT2D eigenvalue weighted by Crippen LogP contribution is -2.30. The monoisotopic (exact) mass is 119 g/mol. The Morgan fingerprint density at radius 1 is 1.14 bits per heavy atom. The highest BCUT2D eigenvalue weighted by Crippen LogP contribution is 1.76. The first-order valence-electron chi connectivity index (χ1n) is 2.28. The van der Waals surface area contributed by atoms with Gasteiger partial charge < -0.3 is 10.1 Å². The normalized spacial score (nSPS) is 20.6. The molecule has 0 radical (unpaired) electrons. The van der Waals surface area contributed by atoms with Gasteiger partial charge in [0.05, 0.1) is 13.2 Å². The van der Waals surface area contributed by atoms with Crippen LogP contribution in [0, 0.1) is 0 Å². The zero-order valence-corrected chi connectivity index (χ0v) is 3.74. The second kappa shape index (κ2) is 4.30. The molecule has 0 aliphatic carbocycles. The van der Waals surface area contributed by atoms with Gasteiger partial charge in [0.1, 0.15) is 0 Å². The minimum absolute atomic E-state index is 0. The van der Waals surface area contributed by atoms with E-state index < -0.39 is 0 Å². The topological polar surface area (TPSA) is 21.3 Å². The predicted octanol–water partition coefficient (Wildman–Crippen LogP) is -1.85. The number of rotatable bonds is 0. The number of hydrogen-bond donors (Lipinski definition) is 1. The van der Waals surface area contributed by atoms with Crippen molar-refractivity contribution in [3.05, 3.63) is 0 Å². The van der Waals surface area contributed by atoms with Crippen molar-refractivity contribution in [2.75, 3.05) is 26.3 Å². The Kier molecular flexibility index (Phi) is 4.38. The molecule has 0 aromatic rings. The molecule has 3 heteroatoms. The van der Waals surface area contributed by atoms with Gasteiger partial charge in [0, 0.05) is 13.1 Å². The summed E-state index contributed by atoms with van der Waals surface area (Å²) in [4.78, 5) is 0. The van der Waals surface area contributed by atoms with Crippen LogP contribution in [0.15, 0.2) is 0 Å². The molecule has 1 aliphatic heterocycles. The highest BCUT2D eigenvalue weighted by atomic mass is 28.1. The molecular formula is C4H13NOSi. The molecule has 0 aromatic carbocycles. The van der Waals surface area contributed by atoms with Gasteiger partial charge in [-0.2, -0.15) is 0 Å². The van der Waals surface area contributed by atoms with Crippen molar-refractivity contribution in [2.24, 2.45) is 0 Å². The predicted molar refractivity (Wildman–Crippen MR) is 35.0 cm³/mol. The van der Waals surface area contributed by atoms with E-state index in [9.17, 15) is 0 Å². The Bertz CT molecular complexity index is 27.2. The summed E-state index contributed by atoms with van der Waals surface area (Å²) in [7, 11) is 0. The van der Waals surface area contributed by atoms with Gasteiger partial charge in [0.25, 0.3) is 0 Å². The zero-order chi connectivity index (χ0) is 4.24. The molecule has 0 spiro atoms. The molecule has 1 aliphatic rings. The van der Waals surface area contributed by atoms with Gasteiger partial charge in [-0.15, -0.1) is 0 Å². The fourth-order valence-electron chi connectivity index (χ4n) is 0.516. The minimum atomic E-state index is 0. The van der Waals surface area contributed by atoms with Crippen LogP contribution in [-0.4, -0.2) is 37.3 Å². The average Bonchev–Trinajstić information content (AvgIpc) is 1.72. The van der Waals surface area contributed by atoms with Gasteiger partial charge in [0.2, 0.25) is 0 Å². The van der Waals surface area contributed by atoms with Crippen LogP contribution >= 0.6 is 0 Å². The fourth-order valence-corrected chi connectivity index (χ4v) is 0.516. The summed E-state index contributed by atoms with van der Waals surface area (Å²) in [5.74, 6) is 0. The van der Waals surface area contributed by atoms with Crippen molar-refractivity contribution in [1.82, 2.24) is 5.32 Å². The van der Waals surface area contributed by atoms with E-state index >= 15 is 0 Å². The third-order valence-electron chi connectivity index (χ3n) is 0.846. The minimum Gasteiger partial charge on any atom is -0.379 e. The molecule has 1 N–H and O–H groups in total. The largest absolute Gasteiger partial charge is 0.379 e. The first kappa shape index (κ1) is 7.14. The van der Waals surface area contributed by atoms with Gasteiger partial charge in [-0.05, 0) is 11.0 Å². The molecule has 1 rings (SSSR count). The van der Waals surface area contributed by atoms with E-state index in [2.05, 4.69) is 5.32 Å². The van der Waals surface area contributed by atoms with Crippen LogP contribution in [0.5, 0.6) is 0 Å². The molecule has 0 amide bonds. The molecule has 0 atom stereocenters. The number of morpholine rings is 1. The molecule has 0 unspecified atom stereocenters. The molecule has 1 fully saturated rings. The van der Waals surface area contributed by atoms with Gasteiger partial charge in [-0.3, -0.25) is 0 Å². The number of ether oxygens (including phenoxy) is 1. The Balaban J connectivity index is 0.000000360. The van der Waals surface area contributed by atoms with Crippen LogP contribution in [0.3, 0.4) is 0 Å². The van der Waals surface area contributed by atoms with Crippen LogP contribution in [0.4, 0.5) is 0 Å². The number of nitrogens with one attached hydrogen (secondary N) is 1. The molecule has 0 saturated carbocycles. The second-order valence-corrected chi connectivity index (χ2v) is 1.36. The molecule has 1 heterocycles. The van der Waals surface area contributed by atoms with Gasteiger partial charge in [0.15, 0.2) is 0 Å². The summed E-state index contributed by atoms with van der Waals surface area (Å²) in [5, 5.41) is 3.16. The summed E-state index contributed by atoms with van der Waals surface area (Å²) in [6.45, 7) is 3.83.